The number of hydrogen-bond acceptors (Lipinski definition) is 4. The lowest BCUT2D eigenvalue weighted by atomic mass is 10.4. The monoisotopic (exact) mass is 249 g/mol. The number of hydrogen-bond donors (Lipinski definition) is 0. The van der Waals surface area contributed by atoms with Crippen molar-refractivity contribution in [3.8, 4) is 0 Å². The molecule has 0 bridgehead atoms. The van der Waals surface area contributed by atoms with E-state index in [0.29, 0.717) is 24.3 Å². The van der Waals surface area contributed by atoms with Crippen LogP contribution in [0.1, 0.15) is 24.6 Å². The van der Waals surface area contributed by atoms with Gasteiger partial charge < -0.3 is 9.47 Å². The van der Waals surface area contributed by atoms with E-state index in [1.807, 2.05) is 0 Å². The standard InChI is InChI=1S/C10H16ClNO2S/c1-2-3-4-13-5-6-14-8-9-7-12-10(11)15-9/h7H,2-6,8H2,1H3. The summed E-state index contributed by atoms with van der Waals surface area (Å²) in [5, 5.41) is 0. The Kier molecular flexibility index (Phi) is 6.92. The number of thiazole rings is 1. The molecule has 1 heterocycles. The fourth-order valence-corrected chi connectivity index (χ4v) is 1.90. The highest BCUT2D eigenvalue weighted by Crippen LogP contribution is 2.18. The Labute approximate surface area is 99.4 Å². The van der Waals surface area contributed by atoms with Crippen LogP contribution in [0, 0.1) is 0 Å². The van der Waals surface area contributed by atoms with Crippen LogP contribution in [0.3, 0.4) is 0 Å². The molecule has 0 amide bonds. The summed E-state index contributed by atoms with van der Waals surface area (Å²) >= 11 is 7.13. The van der Waals surface area contributed by atoms with Crippen LogP contribution in [0.15, 0.2) is 6.20 Å². The minimum absolute atomic E-state index is 0.563. The SMILES string of the molecule is CCCCOCCOCc1cnc(Cl)s1. The normalized spacial score (nSPS) is 10.8. The van der Waals surface area contributed by atoms with Crippen molar-refractivity contribution in [1.29, 1.82) is 0 Å². The van der Waals surface area contributed by atoms with E-state index >= 15 is 0 Å². The number of ether oxygens (including phenoxy) is 2. The van der Waals surface area contributed by atoms with Gasteiger partial charge in [-0.3, -0.25) is 0 Å². The molecule has 0 saturated heterocycles. The van der Waals surface area contributed by atoms with Crippen molar-refractivity contribution < 1.29 is 9.47 Å². The van der Waals surface area contributed by atoms with Gasteiger partial charge in [-0.25, -0.2) is 4.98 Å². The minimum atomic E-state index is 0.563. The summed E-state index contributed by atoms with van der Waals surface area (Å²) in [4.78, 5) is 4.98. The number of rotatable bonds is 8. The van der Waals surface area contributed by atoms with E-state index in [0.717, 1.165) is 17.9 Å². The summed E-state index contributed by atoms with van der Waals surface area (Å²) in [6, 6.07) is 0. The first kappa shape index (κ1) is 12.9. The maximum atomic E-state index is 5.68. The molecule has 0 spiro atoms. The van der Waals surface area contributed by atoms with Gasteiger partial charge in [-0.2, -0.15) is 0 Å². The van der Waals surface area contributed by atoms with E-state index in [1.165, 1.54) is 17.8 Å². The van der Waals surface area contributed by atoms with Gasteiger partial charge in [-0.05, 0) is 6.42 Å². The van der Waals surface area contributed by atoms with E-state index in [-0.39, 0.29) is 0 Å². The van der Waals surface area contributed by atoms with Crippen LogP contribution in [0.2, 0.25) is 4.47 Å². The summed E-state index contributed by atoms with van der Waals surface area (Å²) in [6.07, 6.45) is 4.02. The molecule has 0 aliphatic heterocycles. The fourth-order valence-electron chi connectivity index (χ4n) is 0.989. The van der Waals surface area contributed by atoms with Gasteiger partial charge in [-0.1, -0.05) is 24.9 Å². The Balaban J connectivity index is 1.93. The first-order valence-corrected chi connectivity index (χ1v) is 6.28. The molecular weight excluding hydrogens is 234 g/mol. The highest BCUT2D eigenvalue weighted by Gasteiger charge is 1.98. The highest BCUT2D eigenvalue weighted by atomic mass is 35.5. The largest absolute Gasteiger partial charge is 0.379 e. The van der Waals surface area contributed by atoms with Gasteiger partial charge in [0, 0.05) is 12.8 Å². The molecule has 0 aliphatic carbocycles. The maximum absolute atomic E-state index is 5.68. The second kappa shape index (κ2) is 8.05. The van der Waals surface area contributed by atoms with Crippen LogP contribution in [-0.4, -0.2) is 24.8 Å². The van der Waals surface area contributed by atoms with E-state index in [9.17, 15) is 0 Å². The molecule has 15 heavy (non-hydrogen) atoms. The molecule has 3 nitrogen and oxygen atoms in total. The second-order valence-electron chi connectivity index (χ2n) is 3.10. The van der Waals surface area contributed by atoms with Crippen molar-refractivity contribution >= 4 is 22.9 Å². The third kappa shape index (κ3) is 6.10. The average molecular weight is 250 g/mol. The number of halogens is 1. The second-order valence-corrected chi connectivity index (χ2v) is 4.80. The topological polar surface area (TPSA) is 31.4 Å². The van der Waals surface area contributed by atoms with Gasteiger partial charge in [0.25, 0.3) is 0 Å². The summed E-state index contributed by atoms with van der Waals surface area (Å²) in [7, 11) is 0. The first-order valence-electron chi connectivity index (χ1n) is 5.08. The molecule has 0 atom stereocenters. The molecular formula is C10H16ClNO2S. The molecule has 1 aromatic rings. The van der Waals surface area contributed by atoms with Crippen molar-refractivity contribution in [3.05, 3.63) is 15.5 Å². The van der Waals surface area contributed by atoms with Gasteiger partial charge in [0.05, 0.1) is 24.7 Å². The van der Waals surface area contributed by atoms with E-state index in [2.05, 4.69) is 11.9 Å². The third-order valence-electron chi connectivity index (χ3n) is 1.78. The third-order valence-corrected chi connectivity index (χ3v) is 2.87. The lowest BCUT2D eigenvalue weighted by Gasteiger charge is -2.03. The van der Waals surface area contributed by atoms with Gasteiger partial charge >= 0.3 is 0 Å². The summed E-state index contributed by atoms with van der Waals surface area (Å²) in [5.41, 5.74) is 0. The van der Waals surface area contributed by atoms with Crippen LogP contribution >= 0.6 is 22.9 Å². The molecule has 0 aliphatic rings. The Bertz CT molecular complexity index is 268. The maximum Gasteiger partial charge on any atom is 0.183 e. The predicted octanol–water partition coefficient (Wildman–Crippen LogP) is 3.13. The number of nitrogens with zero attached hydrogens (tertiary/aromatic N) is 1. The van der Waals surface area contributed by atoms with E-state index in [4.69, 9.17) is 21.1 Å². The molecule has 0 N–H and O–H groups in total. The van der Waals surface area contributed by atoms with Crippen LogP contribution in [0.5, 0.6) is 0 Å². The van der Waals surface area contributed by atoms with Crippen molar-refractivity contribution in [2.75, 3.05) is 19.8 Å². The number of aromatic nitrogens is 1. The zero-order valence-electron chi connectivity index (χ0n) is 8.87. The first-order chi connectivity index (χ1) is 7.33. The van der Waals surface area contributed by atoms with Crippen molar-refractivity contribution in [1.82, 2.24) is 4.98 Å². The van der Waals surface area contributed by atoms with Crippen LogP contribution < -0.4 is 0 Å². The van der Waals surface area contributed by atoms with Crippen molar-refractivity contribution in [3.63, 3.8) is 0 Å². The molecule has 0 fully saturated rings. The van der Waals surface area contributed by atoms with E-state index in [1.54, 1.807) is 6.20 Å². The molecule has 0 saturated carbocycles. The molecule has 86 valence electrons. The summed E-state index contributed by atoms with van der Waals surface area (Å²) in [6.45, 7) is 4.83. The van der Waals surface area contributed by atoms with Crippen LogP contribution in [0.25, 0.3) is 0 Å². The summed E-state index contributed by atoms with van der Waals surface area (Å²) in [5.74, 6) is 0. The Morgan fingerprint density at radius 2 is 2.13 bits per heavy atom. The summed E-state index contributed by atoms with van der Waals surface area (Å²) < 4.78 is 11.3. The Morgan fingerprint density at radius 1 is 1.33 bits per heavy atom. The molecule has 0 radical (unpaired) electrons. The molecule has 1 rings (SSSR count). The molecule has 1 aromatic heterocycles. The lowest BCUT2D eigenvalue weighted by molar-refractivity contribution is 0.0405. The highest BCUT2D eigenvalue weighted by molar-refractivity contribution is 7.15. The molecule has 0 aromatic carbocycles. The number of unbranched alkanes of at least 4 members (excludes halogenated alkanes) is 1. The van der Waals surface area contributed by atoms with Gasteiger partial charge in [-0.15, -0.1) is 11.3 Å². The lowest BCUT2D eigenvalue weighted by Crippen LogP contribution is -2.04. The van der Waals surface area contributed by atoms with Gasteiger partial charge in [0.2, 0.25) is 0 Å². The Hall–Kier alpha value is -0.160. The van der Waals surface area contributed by atoms with Crippen LogP contribution in [0.4, 0.5) is 0 Å². The minimum Gasteiger partial charge on any atom is -0.379 e. The smallest absolute Gasteiger partial charge is 0.183 e. The van der Waals surface area contributed by atoms with Gasteiger partial charge in [0.15, 0.2) is 4.47 Å². The van der Waals surface area contributed by atoms with Crippen molar-refractivity contribution in [2.24, 2.45) is 0 Å². The fraction of sp³-hybridized carbons (Fsp3) is 0.700. The van der Waals surface area contributed by atoms with Crippen LogP contribution in [-0.2, 0) is 16.1 Å². The van der Waals surface area contributed by atoms with Gasteiger partial charge in [0.1, 0.15) is 0 Å². The molecule has 0 unspecified atom stereocenters. The Morgan fingerprint density at radius 3 is 2.80 bits per heavy atom. The zero-order chi connectivity index (χ0) is 10.9. The van der Waals surface area contributed by atoms with E-state index < -0.39 is 0 Å². The average Bonchev–Trinajstić information content (AvgIpc) is 2.63. The quantitative estimate of drug-likeness (QED) is 0.664. The van der Waals surface area contributed by atoms with Crippen molar-refractivity contribution in [2.45, 2.75) is 26.4 Å². The zero-order valence-corrected chi connectivity index (χ0v) is 10.4. The predicted molar refractivity (Wildman–Crippen MR) is 62.5 cm³/mol. The molecule has 5 heteroatoms.